The summed E-state index contributed by atoms with van der Waals surface area (Å²) >= 11 is 12.3. The van der Waals surface area contributed by atoms with Crippen LogP contribution in [-0.4, -0.2) is 34.0 Å². The van der Waals surface area contributed by atoms with E-state index in [4.69, 9.17) is 23.2 Å². The molecule has 0 amide bonds. The lowest BCUT2D eigenvalue weighted by atomic mass is 9.93. The Morgan fingerprint density at radius 2 is 2.08 bits per heavy atom. The molecule has 2 atom stereocenters. The zero-order valence-corrected chi connectivity index (χ0v) is 15.5. The van der Waals surface area contributed by atoms with E-state index in [1.165, 1.54) is 0 Å². The number of aromatic nitrogens is 1. The van der Waals surface area contributed by atoms with E-state index in [2.05, 4.69) is 9.88 Å². The fourth-order valence-corrected chi connectivity index (χ4v) is 3.72. The Hall–Kier alpha value is -1.62. The fraction of sp³-hybridized carbons (Fsp3) is 0.368. The van der Waals surface area contributed by atoms with Gasteiger partial charge in [-0.1, -0.05) is 35.3 Å². The van der Waals surface area contributed by atoms with Crippen LogP contribution in [-0.2, 0) is 4.79 Å². The van der Waals surface area contributed by atoms with Crippen molar-refractivity contribution in [3.05, 3.63) is 63.4 Å². The maximum atomic E-state index is 11.5. The van der Waals surface area contributed by atoms with Crippen LogP contribution in [0.4, 0.5) is 0 Å². The predicted octanol–water partition coefficient (Wildman–Crippen LogP) is 4.58. The summed E-state index contributed by atoms with van der Waals surface area (Å²) in [6.45, 7) is 3.27. The Labute approximate surface area is 157 Å². The molecule has 3 rings (SSSR count). The molecule has 6 heteroatoms. The number of hydrogen-bond donors (Lipinski definition) is 1. The van der Waals surface area contributed by atoms with Gasteiger partial charge in [0.1, 0.15) is 0 Å². The van der Waals surface area contributed by atoms with E-state index in [9.17, 15) is 9.90 Å². The second-order valence-electron chi connectivity index (χ2n) is 6.45. The predicted molar refractivity (Wildman–Crippen MR) is 99.2 cm³/mol. The second kappa shape index (κ2) is 7.73. The number of likely N-dealkylation sites (tertiary alicyclic amines) is 1. The third-order valence-corrected chi connectivity index (χ3v) is 5.36. The summed E-state index contributed by atoms with van der Waals surface area (Å²) in [6, 6.07) is 11.3. The van der Waals surface area contributed by atoms with Gasteiger partial charge < -0.3 is 5.11 Å². The summed E-state index contributed by atoms with van der Waals surface area (Å²) < 4.78 is 0. The van der Waals surface area contributed by atoms with Gasteiger partial charge in [-0.2, -0.15) is 0 Å². The van der Waals surface area contributed by atoms with Gasteiger partial charge in [0.15, 0.2) is 0 Å². The molecule has 2 heterocycles. The van der Waals surface area contributed by atoms with E-state index in [0.717, 1.165) is 29.9 Å². The molecule has 1 aliphatic heterocycles. The molecule has 1 N–H and O–H groups in total. The minimum absolute atomic E-state index is 0.142. The average molecular weight is 379 g/mol. The first-order chi connectivity index (χ1) is 12.0. The standard InChI is InChI=1S/C19H20Cl2N2O2/c1-12-4-2-6-17(22-12)18(13-7-8-15(20)16(21)10-13)23-9-3-5-14(11-23)19(24)25/h2,4,6-8,10,14,18H,3,5,9,11H2,1H3,(H,24,25). The van der Waals surface area contributed by atoms with Gasteiger partial charge in [-0.25, -0.2) is 0 Å². The fourth-order valence-electron chi connectivity index (χ4n) is 3.41. The highest BCUT2D eigenvalue weighted by atomic mass is 35.5. The molecule has 1 aromatic carbocycles. The average Bonchev–Trinajstić information content (AvgIpc) is 2.59. The van der Waals surface area contributed by atoms with Crippen molar-refractivity contribution in [1.29, 1.82) is 0 Å². The van der Waals surface area contributed by atoms with Gasteiger partial charge in [0.2, 0.25) is 0 Å². The number of nitrogens with zero attached hydrogens (tertiary/aromatic N) is 2. The van der Waals surface area contributed by atoms with Crippen LogP contribution in [0.15, 0.2) is 36.4 Å². The number of carboxylic acid groups (broad SMARTS) is 1. The minimum Gasteiger partial charge on any atom is -0.481 e. The van der Waals surface area contributed by atoms with E-state index in [1.54, 1.807) is 6.07 Å². The van der Waals surface area contributed by atoms with E-state index in [-0.39, 0.29) is 12.0 Å². The topological polar surface area (TPSA) is 53.4 Å². The molecule has 132 valence electrons. The molecule has 0 bridgehead atoms. The van der Waals surface area contributed by atoms with Gasteiger partial charge in [0.25, 0.3) is 0 Å². The summed E-state index contributed by atoms with van der Waals surface area (Å²) in [5.41, 5.74) is 2.79. The molecule has 25 heavy (non-hydrogen) atoms. The number of pyridine rings is 1. The van der Waals surface area contributed by atoms with Crippen LogP contribution in [0.2, 0.25) is 10.0 Å². The van der Waals surface area contributed by atoms with Crippen LogP contribution in [0.5, 0.6) is 0 Å². The molecule has 1 aromatic heterocycles. The summed E-state index contributed by atoms with van der Waals surface area (Å²) in [5, 5.41) is 10.4. The second-order valence-corrected chi connectivity index (χ2v) is 7.27. The highest BCUT2D eigenvalue weighted by Gasteiger charge is 2.32. The SMILES string of the molecule is Cc1cccc(C(c2ccc(Cl)c(Cl)c2)N2CCCC(C(=O)O)C2)n1. The Morgan fingerprint density at radius 1 is 1.28 bits per heavy atom. The van der Waals surface area contributed by atoms with Gasteiger partial charge in [-0.3, -0.25) is 14.7 Å². The number of aryl methyl sites for hydroxylation is 1. The molecular formula is C19H20Cl2N2O2. The summed E-state index contributed by atoms with van der Waals surface area (Å²) in [5.74, 6) is -1.10. The lowest BCUT2D eigenvalue weighted by Gasteiger charge is -2.37. The van der Waals surface area contributed by atoms with E-state index in [1.807, 2.05) is 37.3 Å². The van der Waals surface area contributed by atoms with Crippen molar-refractivity contribution in [1.82, 2.24) is 9.88 Å². The third-order valence-electron chi connectivity index (χ3n) is 4.62. The first kappa shape index (κ1) is 18.2. The van der Waals surface area contributed by atoms with Crippen molar-refractivity contribution >= 4 is 29.2 Å². The molecule has 2 aromatic rings. The van der Waals surface area contributed by atoms with Crippen LogP contribution in [0.1, 0.15) is 35.8 Å². The van der Waals surface area contributed by atoms with Crippen LogP contribution in [0, 0.1) is 12.8 Å². The number of carboxylic acids is 1. The molecule has 1 aliphatic rings. The number of benzene rings is 1. The van der Waals surface area contributed by atoms with E-state index < -0.39 is 5.97 Å². The lowest BCUT2D eigenvalue weighted by Crippen LogP contribution is -2.41. The quantitative estimate of drug-likeness (QED) is 0.845. The monoisotopic (exact) mass is 378 g/mol. The number of halogens is 2. The number of rotatable bonds is 4. The summed E-state index contributed by atoms with van der Waals surface area (Å²) in [7, 11) is 0. The largest absolute Gasteiger partial charge is 0.481 e. The van der Waals surface area contributed by atoms with Crippen molar-refractivity contribution in [2.45, 2.75) is 25.8 Å². The Kier molecular flexibility index (Phi) is 5.62. The van der Waals surface area contributed by atoms with Crippen LogP contribution in [0.25, 0.3) is 0 Å². The first-order valence-corrected chi connectivity index (χ1v) is 9.06. The van der Waals surface area contributed by atoms with Gasteiger partial charge >= 0.3 is 5.97 Å². The lowest BCUT2D eigenvalue weighted by molar-refractivity contribution is -0.143. The van der Waals surface area contributed by atoms with Crippen LogP contribution >= 0.6 is 23.2 Å². The van der Waals surface area contributed by atoms with Crippen LogP contribution < -0.4 is 0 Å². The molecule has 0 aliphatic carbocycles. The maximum Gasteiger partial charge on any atom is 0.307 e. The van der Waals surface area contributed by atoms with Gasteiger partial charge in [-0.05, 0) is 56.1 Å². The van der Waals surface area contributed by atoms with Crippen molar-refractivity contribution < 1.29 is 9.90 Å². The van der Waals surface area contributed by atoms with Gasteiger partial charge in [0.05, 0.1) is 27.7 Å². The molecule has 0 spiro atoms. The molecule has 2 unspecified atom stereocenters. The number of aliphatic carboxylic acids is 1. The number of carbonyl (C=O) groups is 1. The van der Waals surface area contributed by atoms with Gasteiger partial charge in [0, 0.05) is 12.2 Å². The Bertz CT molecular complexity index is 782. The van der Waals surface area contributed by atoms with Crippen molar-refractivity contribution in [3.63, 3.8) is 0 Å². The molecule has 1 fully saturated rings. The minimum atomic E-state index is -0.741. The van der Waals surface area contributed by atoms with E-state index in [0.29, 0.717) is 23.0 Å². The molecule has 0 radical (unpaired) electrons. The van der Waals surface area contributed by atoms with Crippen LogP contribution in [0.3, 0.4) is 0 Å². The molecular weight excluding hydrogens is 359 g/mol. The van der Waals surface area contributed by atoms with Crippen molar-refractivity contribution in [2.75, 3.05) is 13.1 Å². The zero-order chi connectivity index (χ0) is 18.0. The smallest absolute Gasteiger partial charge is 0.307 e. The Balaban J connectivity index is 2.02. The molecule has 0 saturated carbocycles. The molecule has 1 saturated heterocycles. The van der Waals surface area contributed by atoms with Gasteiger partial charge in [-0.15, -0.1) is 0 Å². The normalized spacial score (nSPS) is 19.6. The summed E-state index contributed by atoms with van der Waals surface area (Å²) in [4.78, 5) is 18.3. The number of piperidine rings is 1. The van der Waals surface area contributed by atoms with E-state index >= 15 is 0 Å². The first-order valence-electron chi connectivity index (χ1n) is 8.31. The highest BCUT2D eigenvalue weighted by molar-refractivity contribution is 6.42. The highest BCUT2D eigenvalue weighted by Crippen LogP contribution is 2.34. The zero-order valence-electron chi connectivity index (χ0n) is 14.0. The van der Waals surface area contributed by atoms with Crippen molar-refractivity contribution in [2.24, 2.45) is 5.92 Å². The number of hydrogen-bond acceptors (Lipinski definition) is 3. The molecule has 4 nitrogen and oxygen atoms in total. The van der Waals surface area contributed by atoms with Crippen molar-refractivity contribution in [3.8, 4) is 0 Å². The third kappa shape index (κ3) is 4.14. The summed E-state index contributed by atoms with van der Waals surface area (Å²) in [6.07, 6.45) is 1.56. The maximum absolute atomic E-state index is 11.5. The Morgan fingerprint density at radius 3 is 2.76 bits per heavy atom.